The van der Waals surface area contributed by atoms with Crippen LogP contribution in [-0.4, -0.2) is 24.2 Å². The highest BCUT2D eigenvalue weighted by molar-refractivity contribution is 9.10. The number of nitrogens with one attached hydrogen (secondary N) is 1. The monoisotopic (exact) mass is 327 g/mol. The zero-order valence-corrected chi connectivity index (χ0v) is 13.3. The molecular formula is C15H22BrNO2. The third-order valence-electron chi connectivity index (χ3n) is 3.41. The van der Waals surface area contributed by atoms with E-state index in [0.717, 1.165) is 11.0 Å². The molecule has 2 N–H and O–H groups in total. The van der Waals surface area contributed by atoms with E-state index in [1.54, 1.807) is 0 Å². The zero-order valence-electron chi connectivity index (χ0n) is 11.7. The van der Waals surface area contributed by atoms with Crippen LogP contribution in [0.5, 0.6) is 0 Å². The molecule has 0 aliphatic heterocycles. The largest absolute Gasteiger partial charge is 0.481 e. The van der Waals surface area contributed by atoms with Crippen molar-refractivity contribution in [1.29, 1.82) is 0 Å². The lowest BCUT2D eigenvalue weighted by atomic mass is 9.84. The number of rotatable bonds is 7. The topological polar surface area (TPSA) is 49.3 Å². The molecule has 0 bridgehead atoms. The third-order valence-corrected chi connectivity index (χ3v) is 3.90. The molecule has 0 aliphatic rings. The molecule has 0 fully saturated rings. The van der Waals surface area contributed by atoms with Crippen molar-refractivity contribution >= 4 is 21.9 Å². The van der Waals surface area contributed by atoms with Crippen molar-refractivity contribution in [2.24, 2.45) is 5.92 Å². The minimum atomic E-state index is -0.727. The van der Waals surface area contributed by atoms with Crippen LogP contribution in [0.4, 0.5) is 0 Å². The van der Waals surface area contributed by atoms with Gasteiger partial charge in [0.1, 0.15) is 0 Å². The summed E-state index contributed by atoms with van der Waals surface area (Å²) >= 11 is 3.48. The minimum Gasteiger partial charge on any atom is -0.481 e. The first kappa shape index (κ1) is 16.2. The SMILES string of the molecule is CCC(CNCC(C)(C)c1cccc(Br)c1)C(=O)O. The summed E-state index contributed by atoms with van der Waals surface area (Å²) in [5, 5.41) is 12.3. The zero-order chi connectivity index (χ0) is 14.5. The van der Waals surface area contributed by atoms with Crippen LogP contribution in [0.15, 0.2) is 28.7 Å². The molecule has 1 unspecified atom stereocenters. The van der Waals surface area contributed by atoms with Crippen molar-refractivity contribution in [3.05, 3.63) is 34.3 Å². The summed E-state index contributed by atoms with van der Waals surface area (Å²) in [5.74, 6) is -1.03. The van der Waals surface area contributed by atoms with Gasteiger partial charge in [-0.25, -0.2) is 0 Å². The van der Waals surface area contributed by atoms with Crippen molar-refractivity contribution in [2.75, 3.05) is 13.1 Å². The first-order chi connectivity index (χ1) is 8.86. The number of carbonyl (C=O) groups is 1. The molecule has 0 radical (unpaired) electrons. The Kier molecular flexibility index (Phi) is 6.01. The Morgan fingerprint density at radius 3 is 2.68 bits per heavy atom. The maximum atomic E-state index is 11.0. The summed E-state index contributed by atoms with van der Waals surface area (Å²) < 4.78 is 1.06. The van der Waals surface area contributed by atoms with Gasteiger partial charge in [0.25, 0.3) is 0 Å². The van der Waals surface area contributed by atoms with Crippen molar-refractivity contribution in [2.45, 2.75) is 32.6 Å². The van der Waals surface area contributed by atoms with Crippen LogP contribution >= 0.6 is 15.9 Å². The van der Waals surface area contributed by atoms with Gasteiger partial charge < -0.3 is 10.4 Å². The molecule has 3 nitrogen and oxygen atoms in total. The van der Waals surface area contributed by atoms with Gasteiger partial charge in [-0.3, -0.25) is 4.79 Å². The predicted octanol–water partition coefficient (Wildman–Crippen LogP) is 3.43. The predicted molar refractivity (Wildman–Crippen MR) is 81.5 cm³/mol. The highest BCUT2D eigenvalue weighted by Crippen LogP contribution is 2.25. The molecule has 0 aliphatic carbocycles. The van der Waals surface area contributed by atoms with E-state index in [1.165, 1.54) is 5.56 Å². The van der Waals surface area contributed by atoms with E-state index in [2.05, 4.69) is 47.2 Å². The molecule has 1 atom stereocenters. The van der Waals surface area contributed by atoms with Gasteiger partial charge in [-0.1, -0.05) is 48.8 Å². The molecule has 1 rings (SSSR count). The van der Waals surface area contributed by atoms with Crippen LogP contribution in [0.2, 0.25) is 0 Å². The van der Waals surface area contributed by atoms with E-state index in [-0.39, 0.29) is 11.3 Å². The van der Waals surface area contributed by atoms with E-state index in [9.17, 15) is 4.79 Å². The van der Waals surface area contributed by atoms with E-state index in [0.29, 0.717) is 13.0 Å². The van der Waals surface area contributed by atoms with E-state index < -0.39 is 5.97 Å². The summed E-state index contributed by atoms with van der Waals surface area (Å²) in [5.41, 5.74) is 1.21. The molecule has 4 heteroatoms. The highest BCUT2D eigenvalue weighted by Gasteiger charge is 2.22. The van der Waals surface area contributed by atoms with Crippen molar-refractivity contribution in [3.8, 4) is 0 Å². The Bertz CT molecular complexity index is 432. The number of benzene rings is 1. The number of halogens is 1. The van der Waals surface area contributed by atoms with Crippen LogP contribution in [0.1, 0.15) is 32.8 Å². The molecule has 0 aromatic heterocycles. The second kappa shape index (κ2) is 7.06. The smallest absolute Gasteiger partial charge is 0.307 e. The fourth-order valence-electron chi connectivity index (χ4n) is 1.98. The lowest BCUT2D eigenvalue weighted by molar-refractivity contribution is -0.141. The number of aliphatic carboxylic acids is 1. The van der Waals surface area contributed by atoms with Gasteiger partial charge in [-0.15, -0.1) is 0 Å². The highest BCUT2D eigenvalue weighted by atomic mass is 79.9. The molecule has 0 saturated carbocycles. The average Bonchev–Trinajstić information content (AvgIpc) is 2.34. The standard InChI is InChI=1S/C15H22BrNO2/c1-4-11(14(18)19)9-17-10-15(2,3)12-6-5-7-13(16)8-12/h5-8,11,17H,4,9-10H2,1-3H3,(H,18,19). The molecular weight excluding hydrogens is 306 g/mol. The lowest BCUT2D eigenvalue weighted by Crippen LogP contribution is -2.37. The summed E-state index contributed by atoms with van der Waals surface area (Å²) in [6, 6.07) is 8.23. The molecule has 1 aromatic rings. The summed E-state index contributed by atoms with van der Waals surface area (Å²) in [6.07, 6.45) is 0.652. The molecule has 0 spiro atoms. The van der Waals surface area contributed by atoms with Gasteiger partial charge in [0.15, 0.2) is 0 Å². The molecule has 106 valence electrons. The summed E-state index contributed by atoms with van der Waals surface area (Å²) in [4.78, 5) is 11.0. The van der Waals surface area contributed by atoms with Crippen LogP contribution in [0.3, 0.4) is 0 Å². The van der Waals surface area contributed by atoms with Gasteiger partial charge in [0.2, 0.25) is 0 Å². The molecule has 0 amide bonds. The molecule has 0 heterocycles. The lowest BCUT2D eigenvalue weighted by Gasteiger charge is -2.26. The second-order valence-electron chi connectivity index (χ2n) is 5.47. The number of hydrogen-bond donors (Lipinski definition) is 2. The van der Waals surface area contributed by atoms with E-state index in [4.69, 9.17) is 5.11 Å². The quantitative estimate of drug-likeness (QED) is 0.806. The van der Waals surface area contributed by atoms with Crippen LogP contribution < -0.4 is 5.32 Å². The average molecular weight is 328 g/mol. The molecule has 19 heavy (non-hydrogen) atoms. The Balaban J connectivity index is 2.58. The Labute approximate surface area is 123 Å². The normalized spacial score (nSPS) is 13.3. The van der Waals surface area contributed by atoms with Gasteiger partial charge in [0, 0.05) is 23.0 Å². The van der Waals surface area contributed by atoms with Crippen molar-refractivity contribution in [3.63, 3.8) is 0 Å². The van der Waals surface area contributed by atoms with Crippen LogP contribution in [0.25, 0.3) is 0 Å². The van der Waals surface area contributed by atoms with Crippen LogP contribution in [0, 0.1) is 5.92 Å². The fourth-order valence-corrected chi connectivity index (χ4v) is 2.38. The Morgan fingerprint density at radius 1 is 1.47 bits per heavy atom. The number of hydrogen-bond acceptors (Lipinski definition) is 2. The van der Waals surface area contributed by atoms with E-state index in [1.807, 2.05) is 19.1 Å². The number of carboxylic acid groups (broad SMARTS) is 1. The van der Waals surface area contributed by atoms with Gasteiger partial charge >= 0.3 is 5.97 Å². The minimum absolute atomic E-state index is 0.0272. The molecule has 1 aromatic carbocycles. The van der Waals surface area contributed by atoms with Gasteiger partial charge in [0.05, 0.1) is 5.92 Å². The summed E-state index contributed by atoms with van der Waals surface area (Å²) in [6.45, 7) is 7.49. The number of carboxylic acids is 1. The summed E-state index contributed by atoms with van der Waals surface area (Å²) in [7, 11) is 0. The molecule has 0 saturated heterocycles. The Morgan fingerprint density at radius 2 is 2.16 bits per heavy atom. The first-order valence-electron chi connectivity index (χ1n) is 6.56. The van der Waals surface area contributed by atoms with Crippen LogP contribution in [-0.2, 0) is 10.2 Å². The van der Waals surface area contributed by atoms with Gasteiger partial charge in [-0.2, -0.15) is 0 Å². The Hall–Kier alpha value is -0.870. The van der Waals surface area contributed by atoms with E-state index >= 15 is 0 Å². The van der Waals surface area contributed by atoms with Crippen molar-refractivity contribution < 1.29 is 9.90 Å². The maximum Gasteiger partial charge on any atom is 0.307 e. The van der Waals surface area contributed by atoms with Crippen molar-refractivity contribution in [1.82, 2.24) is 5.32 Å². The maximum absolute atomic E-state index is 11.0. The third kappa shape index (κ3) is 4.96. The fraction of sp³-hybridized carbons (Fsp3) is 0.533. The second-order valence-corrected chi connectivity index (χ2v) is 6.38. The van der Waals surface area contributed by atoms with Gasteiger partial charge in [-0.05, 0) is 24.1 Å². The first-order valence-corrected chi connectivity index (χ1v) is 7.35.